The SMILES string of the molecule is COc1cc2nc(-c3cccc(Br)n3)cn2cc1C1CC1. The molecule has 106 valence electrons. The van der Waals surface area contributed by atoms with Crippen LogP contribution in [0.5, 0.6) is 5.75 Å². The quantitative estimate of drug-likeness (QED) is 0.673. The van der Waals surface area contributed by atoms with Gasteiger partial charge in [-0.2, -0.15) is 0 Å². The van der Waals surface area contributed by atoms with Crippen molar-refractivity contribution in [3.05, 3.63) is 46.8 Å². The van der Waals surface area contributed by atoms with E-state index in [9.17, 15) is 0 Å². The van der Waals surface area contributed by atoms with Crippen molar-refractivity contribution in [3.63, 3.8) is 0 Å². The second-order valence-electron chi connectivity index (χ2n) is 5.31. The van der Waals surface area contributed by atoms with Crippen LogP contribution in [0.2, 0.25) is 0 Å². The molecule has 1 aliphatic rings. The fourth-order valence-electron chi connectivity index (χ4n) is 2.58. The van der Waals surface area contributed by atoms with Gasteiger partial charge in [0.25, 0.3) is 0 Å². The molecule has 0 aromatic carbocycles. The number of hydrogen-bond acceptors (Lipinski definition) is 3. The number of halogens is 1. The van der Waals surface area contributed by atoms with Crippen molar-refractivity contribution in [2.24, 2.45) is 0 Å². The van der Waals surface area contributed by atoms with E-state index in [-0.39, 0.29) is 0 Å². The van der Waals surface area contributed by atoms with E-state index in [0.29, 0.717) is 5.92 Å². The van der Waals surface area contributed by atoms with Crippen LogP contribution in [0.4, 0.5) is 0 Å². The summed E-state index contributed by atoms with van der Waals surface area (Å²) in [6, 6.07) is 7.85. The highest BCUT2D eigenvalue weighted by atomic mass is 79.9. The van der Waals surface area contributed by atoms with Gasteiger partial charge in [0.15, 0.2) is 0 Å². The van der Waals surface area contributed by atoms with Crippen LogP contribution in [-0.4, -0.2) is 21.5 Å². The van der Waals surface area contributed by atoms with Gasteiger partial charge in [-0.05, 0) is 46.8 Å². The maximum absolute atomic E-state index is 5.51. The standard InChI is InChI=1S/C16H14BrN3O/c1-21-14-7-16-19-13(12-3-2-4-15(17)18-12)9-20(16)8-11(14)10-5-6-10/h2-4,7-10H,5-6H2,1H3. The van der Waals surface area contributed by atoms with Crippen LogP contribution in [0, 0.1) is 0 Å². The number of fused-ring (bicyclic) bond motifs is 1. The van der Waals surface area contributed by atoms with E-state index in [1.54, 1.807) is 7.11 Å². The van der Waals surface area contributed by atoms with Crippen molar-refractivity contribution in [1.82, 2.24) is 14.4 Å². The second-order valence-corrected chi connectivity index (χ2v) is 6.12. The van der Waals surface area contributed by atoms with Crippen LogP contribution in [0.15, 0.2) is 41.3 Å². The van der Waals surface area contributed by atoms with Gasteiger partial charge in [0.05, 0.1) is 12.8 Å². The summed E-state index contributed by atoms with van der Waals surface area (Å²) >= 11 is 3.40. The second kappa shape index (κ2) is 4.84. The number of ether oxygens (including phenoxy) is 1. The molecule has 0 aliphatic heterocycles. The maximum atomic E-state index is 5.51. The molecule has 0 unspecified atom stereocenters. The first-order chi connectivity index (χ1) is 10.2. The Morgan fingerprint density at radius 2 is 2.05 bits per heavy atom. The Kier molecular flexibility index (Phi) is 2.96. The Balaban J connectivity index is 1.86. The van der Waals surface area contributed by atoms with Gasteiger partial charge in [-0.15, -0.1) is 0 Å². The molecule has 1 aliphatic carbocycles. The summed E-state index contributed by atoms with van der Waals surface area (Å²) in [7, 11) is 1.72. The summed E-state index contributed by atoms with van der Waals surface area (Å²) in [5.41, 5.74) is 3.88. The molecule has 0 atom stereocenters. The van der Waals surface area contributed by atoms with Gasteiger partial charge in [0.1, 0.15) is 21.7 Å². The minimum absolute atomic E-state index is 0.638. The molecule has 0 bridgehead atoms. The predicted octanol–water partition coefficient (Wildman–Crippen LogP) is 4.04. The molecule has 3 aromatic heterocycles. The van der Waals surface area contributed by atoms with Crippen molar-refractivity contribution in [1.29, 1.82) is 0 Å². The van der Waals surface area contributed by atoms with Crippen molar-refractivity contribution < 1.29 is 4.74 Å². The van der Waals surface area contributed by atoms with Crippen molar-refractivity contribution >= 4 is 21.6 Å². The van der Waals surface area contributed by atoms with Crippen LogP contribution in [0.3, 0.4) is 0 Å². The maximum Gasteiger partial charge on any atom is 0.141 e. The zero-order chi connectivity index (χ0) is 14.4. The number of methoxy groups -OCH3 is 1. The van der Waals surface area contributed by atoms with Crippen LogP contribution in [-0.2, 0) is 0 Å². The van der Waals surface area contributed by atoms with Gasteiger partial charge in [-0.25, -0.2) is 9.97 Å². The summed E-state index contributed by atoms with van der Waals surface area (Å²) in [6.07, 6.45) is 6.66. The molecular weight excluding hydrogens is 330 g/mol. The Morgan fingerprint density at radius 3 is 2.76 bits per heavy atom. The van der Waals surface area contributed by atoms with E-state index in [1.807, 2.05) is 30.5 Å². The summed E-state index contributed by atoms with van der Waals surface area (Å²) in [5, 5.41) is 0. The molecule has 21 heavy (non-hydrogen) atoms. The van der Waals surface area contributed by atoms with E-state index in [1.165, 1.54) is 18.4 Å². The van der Waals surface area contributed by atoms with Gasteiger partial charge in [0, 0.05) is 24.0 Å². The lowest BCUT2D eigenvalue weighted by molar-refractivity contribution is 0.409. The average Bonchev–Trinajstić information content (AvgIpc) is 3.25. The zero-order valence-corrected chi connectivity index (χ0v) is 13.2. The normalized spacial score (nSPS) is 14.6. The van der Waals surface area contributed by atoms with Gasteiger partial charge >= 0.3 is 0 Å². The van der Waals surface area contributed by atoms with Crippen LogP contribution in [0.1, 0.15) is 24.3 Å². The molecule has 5 heteroatoms. The van der Waals surface area contributed by atoms with E-state index in [2.05, 4.69) is 36.5 Å². The highest BCUT2D eigenvalue weighted by molar-refractivity contribution is 9.10. The topological polar surface area (TPSA) is 39.4 Å². The molecule has 0 spiro atoms. The highest BCUT2D eigenvalue weighted by Gasteiger charge is 2.27. The summed E-state index contributed by atoms with van der Waals surface area (Å²) in [6.45, 7) is 0. The zero-order valence-electron chi connectivity index (χ0n) is 11.6. The largest absolute Gasteiger partial charge is 0.496 e. The number of nitrogens with zero attached hydrogens (tertiary/aromatic N) is 3. The monoisotopic (exact) mass is 343 g/mol. The third-order valence-corrected chi connectivity index (χ3v) is 4.24. The minimum atomic E-state index is 0.638. The fraction of sp³-hybridized carbons (Fsp3) is 0.250. The lowest BCUT2D eigenvalue weighted by Crippen LogP contribution is -1.94. The summed E-state index contributed by atoms with van der Waals surface area (Å²) in [4.78, 5) is 9.11. The lowest BCUT2D eigenvalue weighted by atomic mass is 10.1. The molecule has 0 amide bonds. The minimum Gasteiger partial charge on any atom is -0.496 e. The molecule has 1 fully saturated rings. The van der Waals surface area contributed by atoms with E-state index >= 15 is 0 Å². The molecule has 0 saturated heterocycles. The number of hydrogen-bond donors (Lipinski definition) is 0. The van der Waals surface area contributed by atoms with Crippen molar-refractivity contribution in [2.45, 2.75) is 18.8 Å². The molecule has 0 N–H and O–H groups in total. The van der Waals surface area contributed by atoms with Crippen molar-refractivity contribution in [3.8, 4) is 17.1 Å². The molecule has 4 nitrogen and oxygen atoms in total. The average molecular weight is 344 g/mol. The third kappa shape index (κ3) is 2.31. The molecular formula is C16H14BrN3O. The molecule has 0 radical (unpaired) electrons. The van der Waals surface area contributed by atoms with Crippen molar-refractivity contribution in [2.75, 3.05) is 7.11 Å². The predicted molar refractivity (Wildman–Crippen MR) is 84.7 cm³/mol. The smallest absolute Gasteiger partial charge is 0.141 e. The van der Waals surface area contributed by atoms with Crippen LogP contribution < -0.4 is 4.74 Å². The Labute approximate surface area is 130 Å². The number of imidazole rings is 1. The molecule has 3 heterocycles. The highest BCUT2D eigenvalue weighted by Crippen LogP contribution is 2.44. The fourth-order valence-corrected chi connectivity index (χ4v) is 2.93. The molecule has 1 saturated carbocycles. The first kappa shape index (κ1) is 12.8. The Bertz CT molecular complexity index is 824. The van der Waals surface area contributed by atoms with E-state index < -0.39 is 0 Å². The van der Waals surface area contributed by atoms with Gasteiger partial charge in [-0.1, -0.05) is 6.07 Å². The number of aromatic nitrogens is 3. The van der Waals surface area contributed by atoms with E-state index in [0.717, 1.165) is 27.4 Å². The van der Waals surface area contributed by atoms with Crippen LogP contribution >= 0.6 is 15.9 Å². The number of pyridine rings is 2. The first-order valence-electron chi connectivity index (χ1n) is 6.94. The summed E-state index contributed by atoms with van der Waals surface area (Å²) < 4.78 is 8.39. The van der Waals surface area contributed by atoms with Gasteiger partial charge < -0.3 is 9.14 Å². The Morgan fingerprint density at radius 1 is 1.19 bits per heavy atom. The van der Waals surface area contributed by atoms with Gasteiger partial charge in [-0.3, -0.25) is 0 Å². The van der Waals surface area contributed by atoms with Crippen LogP contribution in [0.25, 0.3) is 17.0 Å². The third-order valence-electron chi connectivity index (χ3n) is 3.80. The molecule has 3 aromatic rings. The Hall–Kier alpha value is -1.88. The van der Waals surface area contributed by atoms with Gasteiger partial charge in [0.2, 0.25) is 0 Å². The molecule has 4 rings (SSSR count). The number of rotatable bonds is 3. The summed E-state index contributed by atoms with van der Waals surface area (Å²) in [5.74, 6) is 1.57. The van der Waals surface area contributed by atoms with E-state index in [4.69, 9.17) is 4.74 Å². The first-order valence-corrected chi connectivity index (χ1v) is 7.73. The lowest BCUT2D eigenvalue weighted by Gasteiger charge is -2.07.